The van der Waals surface area contributed by atoms with E-state index in [-0.39, 0.29) is 23.8 Å². The summed E-state index contributed by atoms with van der Waals surface area (Å²) >= 11 is 0. The maximum atomic E-state index is 12.9. The Labute approximate surface area is 268 Å². The van der Waals surface area contributed by atoms with Crippen molar-refractivity contribution in [3.8, 4) is 22.6 Å². The van der Waals surface area contributed by atoms with Crippen molar-refractivity contribution in [3.05, 3.63) is 78.4 Å². The second kappa shape index (κ2) is 14.6. The van der Waals surface area contributed by atoms with Gasteiger partial charge >= 0.3 is 11.9 Å². The molecular weight excluding hydrogens is 560 g/mol. The van der Waals surface area contributed by atoms with Crippen molar-refractivity contribution in [3.63, 3.8) is 0 Å². The molecule has 3 fully saturated rings. The number of ether oxygens (including phenoxy) is 2. The highest BCUT2D eigenvalue weighted by molar-refractivity contribution is 5.78. The zero-order chi connectivity index (χ0) is 31.2. The minimum absolute atomic E-state index is 0.191. The first kappa shape index (κ1) is 31.3. The van der Waals surface area contributed by atoms with E-state index < -0.39 is 0 Å². The van der Waals surface area contributed by atoms with Crippen LogP contribution in [-0.4, -0.2) is 50.1 Å². The van der Waals surface area contributed by atoms with Gasteiger partial charge in [0.15, 0.2) is 0 Å². The third kappa shape index (κ3) is 8.35. The van der Waals surface area contributed by atoms with Gasteiger partial charge in [-0.2, -0.15) is 0 Å². The lowest BCUT2D eigenvalue weighted by atomic mass is 9.80. The Morgan fingerprint density at radius 1 is 0.622 bits per heavy atom. The normalized spacial score (nSPS) is 24.2. The number of likely N-dealkylation sites (N-methyl/N-ethyl adjacent to an activating group) is 1. The fourth-order valence-corrected chi connectivity index (χ4v) is 7.17. The van der Waals surface area contributed by atoms with E-state index in [9.17, 15) is 9.59 Å². The van der Waals surface area contributed by atoms with Crippen LogP contribution >= 0.6 is 0 Å². The Morgan fingerprint density at radius 2 is 1.09 bits per heavy atom. The average molecular weight is 609 g/mol. The minimum Gasteiger partial charge on any atom is -0.426 e. The molecule has 0 spiro atoms. The van der Waals surface area contributed by atoms with E-state index in [2.05, 4.69) is 48.0 Å². The summed E-state index contributed by atoms with van der Waals surface area (Å²) in [7, 11) is 2.15. The van der Waals surface area contributed by atoms with Gasteiger partial charge in [0.2, 0.25) is 0 Å². The lowest BCUT2D eigenvalue weighted by Gasteiger charge is -2.34. The standard InChI is InChI=1S/C39H48N2O4/c1-28-3-5-29(6-4-28)27-30-7-9-31(10-8-30)32-15-19-36(20-16-32)44-38(42)33-11-13-34(14-12-33)39(43)45-37-21-17-35(18-22-37)41-25-23-40(2)24-26-41/h7-10,15-22,28-29,33-34H,3-6,11-14,23-27H2,1-2H3. The number of esters is 2. The molecule has 45 heavy (non-hydrogen) atoms. The van der Waals surface area contributed by atoms with Gasteiger partial charge in [-0.05, 0) is 117 Å². The van der Waals surface area contributed by atoms with Crippen molar-refractivity contribution < 1.29 is 19.1 Å². The van der Waals surface area contributed by atoms with Crippen molar-refractivity contribution in [2.45, 2.75) is 64.7 Å². The third-order valence-corrected chi connectivity index (χ3v) is 10.3. The first-order valence-corrected chi connectivity index (χ1v) is 17.1. The summed E-state index contributed by atoms with van der Waals surface area (Å²) in [4.78, 5) is 30.5. The van der Waals surface area contributed by atoms with Crippen LogP contribution in [0.5, 0.6) is 11.5 Å². The largest absolute Gasteiger partial charge is 0.426 e. The molecule has 0 N–H and O–H groups in total. The molecule has 3 aliphatic rings. The predicted octanol–water partition coefficient (Wildman–Crippen LogP) is 7.79. The van der Waals surface area contributed by atoms with Crippen molar-refractivity contribution >= 4 is 17.6 Å². The van der Waals surface area contributed by atoms with E-state index in [1.807, 2.05) is 48.5 Å². The molecule has 0 radical (unpaired) electrons. The summed E-state index contributed by atoms with van der Waals surface area (Å²) in [6, 6.07) is 24.5. The van der Waals surface area contributed by atoms with Crippen molar-refractivity contribution in [2.24, 2.45) is 23.7 Å². The number of hydrogen-bond acceptors (Lipinski definition) is 6. The Bertz CT molecular complexity index is 1390. The first-order valence-electron chi connectivity index (χ1n) is 17.1. The summed E-state index contributed by atoms with van der Waals surface area (Å²) in [6.07, 6.45) is 9.13. The second-order valence-corrected chi connectivity index (χ2v) is 13.7. The van der Waals surface area contributed by atoms with E-state index >= 15 is 0 Å². The lowest BCUT2D eigenvalue weighted by molar-refractivity contribution is -0.145. The Kier molecular flexibility index (Phi) is 10.2. The highest BCUT2D eigenvalue weighted by atomic mass is 16.5. The molecule has 0 amide bonds. The molecule has 6 heteroatoms. The maximum Gasteiger partial charge on any atom is 0.314 e. The number of hydrogen-bond donors (Lipinski definition) is 0. The summed E-state index contributed by atoms with van der Waals surface area (Å²) in [5.41, 5.74) is 4.86. The van der Waals surface area contributed by atoms with Crippen LogP contribution in [0.15, 0.2) is 72.8 Å². The molecule has 6 nitrogen and oxygen atoms in total. The van der Waals surface area contributed by atoms with Gasteiger partial charge in [-0.25, -0.2) is 0 Å². The van der Waals surface area contributed by atoms with Crippen molar-refractivity contribution in [1.29, 1.82) is 0 Å². The minimum atomic E-state index is -0.212. The van der Waals surface area contributed by atoms with Gasteiger partial charge in [0.25, 0.3) is 0 Å². The van der Waals surface area contributed by atoms with E-state index in [0.717, 1.165) is 49.3 Å². The summed E-state index contributed by atoms with van der Waals surface area (Å²) in [5.74, 6) is 2.04. The highest BCUT2D eigenvalue weighted by Gasteiger charge is 2.32. The van der Waals surface area contributed by atoms with Gasteiger partial charge in [-0.1, -0.05) is 56.2 Å². The van der Waals surface area contributed by atoms with E-state index in [1.165, 1.54) is 43.2 Å². The molecule has 1 saturated heterocycles. The van der Waals surface area contributed by atoms with Crippen LogP contribution in [-0.2, 0) is 16.0 Å². The predicted molar refractivity (Wildman–Crippen MR) is 180 cm³/mol. The smallest absolute Gasteiger partial charge is 0.314 e. The number of carbonyl (C=O) groups excluding carboxylic acids is 2. The summed E-state index contributed by atoms with van der Waals surface area (Å²) < 4.78 is 11.5. The van der Waals surface area contributed by atoms with Crippen LogP contribution in [0.2, 0.25) is 0 Å². The van der Waals surface area contributed by atoms with E-state index in [1.54, 1.807) is 0 Å². The molecule has 3 aromatic carbocycles. The maximum absolute atomic E-state index is 12.9. The van der Waals surface area contributed by atoms with Crippen LogP contribution in [0, 0.1) is 23.7 Å². The Hall–Kier alpha value is -3.64. The fourth-order valence-electron chi connectivity index (χ4n) is 7.17. The second-order valence-electron chi connectivity index (χ2n) is 13.7. The van der Waals surface area contributed by atoms with Gasteiger partial charge in [0.05, 0.1) is 11.8 Å². The van der Waals surface area contributed by atoms with E-state index in [0.29, 0.717) is 37.2 Å². The zero-order valence-corrected chi connectivity index (χ0v) is 27.0. The van der Waals surface area contributed by atoms with Gasteiger partial charge in [0.1, 0.15) is 11.5 Å². The quantitative estimate of drug-likeness (QED) is 0.192. The molecular formula is C39H48N2O4. The Morgan fingerprint density at radius 3 is 1.60 bits per heavy atom. The zero-order valence-electron chi connectivity index (χ0n) is 27.0. The van der Waals surface area contributed by atoms with Crippen molar-refractivity contribution in [1.82, 2.24) is 4.90 Å². The van der Waals surface area contributed by atoms with Crippen LogP contribution in [0.4, 0.5) is 5.69 Å². The molecule has 0 aromatic heterocycles. The van der Waals surface area contributed by atoms with Crippen molar-refractivity contribution in [2.75, 3.05) is 38.1 Å². The SMILES string of the molecule is CC1CCC(Cc2ccc(-c3ccc(OC(=O)C4CCC(C(=O)Oc5ccc(N6CCN(C)CC6)cc5)CC4)cc3)cc2)CC1. The summed E-state index contributed by atoms with van der Waals surface area (Å²) in [6.45, 7) is 6.47. The fraction of sp³-hybridized carbons (Fsp3) is 0.487. The summed E-state index contributed by atoms with van der Waals surface area (Å²) in [5, 5.41) is 0. The van der Waals surface area contributed by atoms with Gasteiger partial charge < -0.3 is 19.3 Å². The number of carbonyl (C=O) groups is 2. The molecule has 1 aliphatic heterocycles. The van der Waals surface area contributed by atoms with Crippen LogP contribution in [0.25, 0.3) is 11.1 Å². The number of nitrogens with zero attached hydrogens (tertiary/aromatic N) is 2. The van der Waals surface area contributed by atoms with Crippen LogP contribution in [0.3, 0.4) is 0 Å². The lowest BCUT2D eigenvalue weighted by Crippen LogP contribution is -2.44. The molecule has 238 valence electrons. The Balaban J connectivity index is 0.933. The molecule has 6 rings (SSSR count). The molecule has 2 aliphatic carbocycles. The number of anilines is 1. The number of piperazine rings is 1. The molecule has 0 bridgehead atoms. The average Bonchev–Trinajstić information content (AvgIpc) is 3.07. The molecule has 0 unspecified atom stereocenters. The molecule has 1 heterocycles. The monoisotopic (exact) mass is 608 g/mol. The van der Waals surface area contributed by atoms with Gasteiger partial charge in [-0.15, -0.1) is 0 Å². The van der Waals surface area contributed by atoms with Gasteiger partial charge in [0, 0.05) is 31.9 Å². The highest BCUT2D eigenvalue weighted by Crippen LogP contribution is 2.33. The molecule has 0 atom stereocenters. The number of rotatable bonds is 8. The molecule has 2 saturated carbocycles. The van der Waals surface area contributed by atoms with E-state index in [4.69, 9.17) is 9.47 Å². The molecule has 3 aromatic rings. The van der Waals surface area contributed by atoms with Crippen LogP contribution < -0.4 is 14.4 Å². The number of benzene rings is 3. The third-order valence-electron chi connectivity index (χ3n) is 10.3. The van der Waals surface area contributed by atoms with Gasteiger partial charge in [-0.3, -0.25) is 9.59 Å². The van der Waals surface area contributed by atoms with Crippen LogP contribution in [0.1, 0.15) is 63.9 Å². The topological polar surface area (TPSA) is 59.1 Å². The first-order chi connectivity index (χ1) is 21.9.